The van der Waals surface area contributed by atoms with Crippen molar-refractivity contribution in [3.63, 3.8) is 0 Å². The van der Waals surface area contributed by atoms with Crippen LogP contribution in [0.3, 0.4) is 0 Å². The lowest BCUT2D eigenvalue weighted by molar-refractivity contribution is -0.385. The summed E-state index contributed by atoms with van der Waals surface area (Å²) in [7, 11) is 0. The van der Waals surface area contributed by atoms with E-state index in [1.165, 1.54) is 42.6 Å². The zero-order chi connectivity index (χ0) is 24.0. The molecule has 172 valence electrons. The number of non-ortho nitro benzene ring substituents is 2. The number of rotatable bonds is 7. The van der Waals surface area contributed by atoms with E-state index in [1.807, 2.05) is 12.2 Å². The second-order valence-electron chi connectivity index (χ2n) is 8.43. The molecule has 2 aromatic carbocycles. The Morgan fingerprint density at radius 2 is 1.62 bits per heavy atom. The summed E-state index contributed by atoms with van der Waals surface area (Å²) in [5.41, 5.74) is 0.406. The molecule has 1 saturated heterocycles. The molecule has 2 amide bonds. The van der Waals surface area contributed by atoms with Crippen molar-refractivity contribution in [2.45, 2.75) is 13.0 Å². The maximum atomic E-state index is 12.8. The van der Waals surface area contributed by atoms with Crippen molar-refractivity contribution in [1.82, 2.24) is 5.01 Å². The van der Waals surface area contributed by atoms with Crippen LogP contribution in [0.15, 0.2) is 59.7 Å². The Hall–Kier alpha value is -4.41. The molecule has 2 bridgehead atoms. The Kier molecular flexibility index (Phi) is 5.16. The first kappa shape index (κ1) is 21.4. The molecular weight excluding hydrogens is 444 g/mol. The molecule has 3 aliphatic rings. The van der Waals surface area contributed by atoms with Gasteiger partial charge in [0, 0.05) is 29.8 Å². The van der Waals surface area contributed by atoms with Gasteiger partial charge in [-0.15, -0.1) is 0 Å². The summed E-state index contributed by atoms with van der Waals surface area (Å²) in [6.07, 6.45) is 5.95. The quantitative estimate of drug-likeness (QED) is 0.202. The van der Waals surface area contributed by atoms with Crippen LogP contribution in [0.2, 0.25) is 0 Å². The Balaban J connectivity index is 1.39. The summed E-state index contributed by atoms with van der Waals surface area (Å²) in [5, 5.41) is 27.2. The summed E-state index contributed by atoms with van der Waals surface area (Å²) in [4.78, 5) is 46.8. The second kappa shape index (κ2) is 8.18. The fraction of sp³-hybridized carbons (Fsp3) is 0.261. The van der Waals surface area contributed by atoms with E-state index >= 15 is 0 Å². The zero-order valence-electron chi connectivity index (χ0n) is 17.6. The topological polar surface area (TPSA) is 145 Å². The number of carbonyl (C=O) groups excluding carboxylic acids is 2. The van der Waals surface area contributed by atoms with Crippen LogP contribution in [0, 0.1) is 43.9 Å². The van der Waals surface area contributed by atoms with Gasteiger partial charge in [0.05, 0.1) is 27.9 Å². The predicted molar refractivity (Wildman–Crippen MR) is 118 cm³/mol. The van der Waals surface area contributed by atoms with Crippen LogP contribution < -0.4 is 4.74 Å². The number of benzene rings is 2. The number of fused-ring (bicyclic) bond motifs is 5. The SMILES string of the molecule is O=C1[C@@H]2[C@H](C(=O)N1N=Cc1cc([N+](=O)[O-])ccc1OCc1cccc([N+](=O)[O-])c1)[C@H]1C=C[C@H]2C1. The van der Waals surface area contributed by atoms with Gasteiger partial charge in [0.1, 0.15) is 12.4 Å². The summed E-state index contributed by atoms with van der Waals surface area (Å²) in [5.74, 6) is -1.26. The number of allylic oxidation sites excluding steroid dienone is 2. The molecule has 5 rings (SSSR count). The molecule has 0 N–H and O–H groups in total. The lowest BCUT2D eigenvalue weighted by Gasteiger charge is -2.13. The fourth-order valence-electron chi connectivity index (χ4n) is 4.92. The maximum absolute atomic E-state index is 12.8. The first-order chi connectivity index (χ1) is 16.3. The Bertz CT molecular complexity index is 1260. The molecule has 2 fully saturated rings. The number of carbonyl (C=O) groups is 2. The van der Waals surface area contributed by atoms with Crippen LogP contribution in [0.5, 0.6) is 5.75 Å². The van der Waals surface area contributed by atoms with Crippen molar-refractivity contribution in [2.75, 3.05) is 0 Å². The summed E-state index contributed by atoms with van der Waals surface area (Å²) in [6, 6.07) is 9.75. The van der Waals surface area contributed by atoms with Gasteiger partial charge in [-0.1, -0.05) is 24.3 Å². The number of hydrazone groups is 1. The van der Waals surface area contributed by atoms with E-state index in [0.29, 0.717) is 5.56 Å². The Morgan fingerprint density at radius 1 is 0.971 bits per heavy atom. The fourth-order valence-corrected chi connectivity index (χ4v) is 4.92. The minimum Gasteiger partial charge on any atom is -0.488 e. The molecule has 2 aliphatic carbocycles. The number of nitrogens with zero attached hydrogens (tertiary/aromatic N) is 4. The van der Waals surface area contributed by atoms with Crippen LogP contribution in [0.4, 0.5) is 11.4 Å². The van der Waals surface area contributed by atoms with Crippen molar-refractivity contribution in [3.8, 4) is 5.75 Å². The predicted octanol–water partition coefficient (Wildman–Crippen LogP) is 3.22. The summed E-state index contributed by atoms with van der Waals surface area (Å²) in [6.45, 7) is -0.0406. The van der Waals surface area contributed by atoms with Crippen molar-refractivity contribution in [1.29, 1.82) is 0 Å². The van der Waals surface area contributed by atoms with Crippen molar-refractivity contribution in [2.24, 2.45) is 28.8 Å². The molecule has 0 spiro atoms. The zero-order valence-corrected chi connectivity index (χ0v) is 17.6. The smallest absolute Gasteiger partial charge is 0.270 e. The molecule has 0 unspecified atom stereocenters. The number of amides is 2. The average Bonchev–Trinajstić information content (AvgIpc) is 3.51. The van der Waals surface area contributed by atoms with E-state index in [9.17, 15) is 29.8 Å². The van der Waals surface area contributed by atoms with E-state index in [1.54, 1.807) is 6.07 Å². The van der Waals surface area contributed by atoms with Crippen LogP contribution in [0.1, 0.15) is 17.5 Å². The minimum atomic E-state index is -0.582. The second-order valence-corrected chi connectivity index (χ2v) is 8.43. The highest BCUT2D eigenvalue weighted by Crippen LogP contribution is 2.52. The van der Waals surface area contributed by atoms with E-state index in [2.05, 4.69) is 5.10 Å². The number of imide groups is 1. The largest absolute Gasteiger partial charge is 0.488 e. The number of nitro benzene ring substituents is 2. The molecule has 2 aromatic rings. The molecule has 1 aliphatic heterocycles. The van der Waals surface area contributed by atoms with E-state index in [-0.39, 0.29) is 52.9 Å². The molecule has 4 atom stereocenters. The lowest BCUT2D eigenvalue weighted by atomic mass is 9.85. The van der Waals surface area contributed by atoms with Crippen LogP contribution in [-0.4, -0.2) is 32.9 Å². The molecule has 11 heteroatoms. The van der Waals surface area contributed by atoms with Crippen LogP contribution in [-0.2, 0) is 16.2 Å². The standard InChI is InChI=1S/C23H18N4O7/c28-22-20-14-4-5-15(9-14)21(20)23(29)25(22)24-11-16-10-18(27(32)33)6-7-19(16)34-12-13-2-1-3-17(8-13)26(30)31/h1-8,10-11,14-15,20-21H,9,12H2/t14-,15-,20-,21+/m0/s1. The minimum absolute atomic E-state index is 0.0401. The molecule has 11 nitrogen and oxygen atoms in total. The maximum Gasteiger partial charge on any atom is 0.270 e. The van der Waals surface area contributed by atoms with Gasteiger partial charge in [-0.05, 0) is 29.9 Å². The molecule has 0 radical (unpaired) electrons. The van der Waals surface area contributed by atoms with Gasteiger partial charge in [0.15, 0.2) is 0 Å². The number of hydrogen-bond donors (Lipinski definition) is 0. The van der Waals surface area contributed by atoms with Crippen molar-refractivity contribution >= 4 is 29.4 Å². The van der Waals surface area contributed by atoms with Gasteiger partial charge in [-0.2, -0.15) is 10.1 Å². The number of nitro groups is 2. The monoisotopic (exact) mass is 462 g/mol. The molecular formula is C23H18N4O7. The molecule has 1 heterocycles. The van der Waals surface area contributed by atoms with E-state index < -0.39 is 21.7 Å². The van der Waals surface area contributed by atoms with Crippen molar-refractivity contribution in [3.05, 3.63) is 86.0 Å². The molecule has 1 saturated carbocycles. The lowest BCUT2D eigenvalue weighted by Crippen LogP contribution is -2.28. The third kappa shape index (κ3) is 3.60. The van der Waals surface area contributed by atoms with Gasteiger partial charge in [-0.25, -0.2) is 0 Å². The summed E-state index contributed by atoms with van der Waals surface area (Å²) < 4.78 is 5.75. The van der Waals surface area contributed by atoms with E-state index in [4.69, 9.17) is 4.74 Å². The Morgan fingerprint density at radius 3 is 2.26 bits per heavy atom. The number of hydrogen-bond acceptors (Lipinski definition) is 8. The van der Waals surface area contributed by atoms with Crippen LogP contribution >= 0.6 is 0 Å². The van der Waals surface area contributed by atoms with E-state index in [0.717, 1.165) is 11.4 Å². The van der Waals surface area contributed by atoms with Gasteiger partial charge in [0.2, 0.25) is 0 Å². The molecule has 34 heavy (non-hydrogen) atoms. The highest BCUT2D eigenvalue weighted by molar-refractivity contribution is 6.07. The normalized spacial score (nSPS) is 24.8. The van der Waals surface area contributed by atoms with Gasteiger partial charge < -0.3 is 4.74 Å². The van der Waals surface area contributed by atoms with Gasteiger partial charge in [0.25, 0.3) is 23.2 Å². The average molecular weight is 462 g/mol. The third-order valence-corrected chi connectivity index (χ3v) is 6.48. The summed E-state index contributed by atoms with van der Waals surface area (Å²) >= 11 is 0. The highest BCUT2D eigenvalue weighted by atomic mass is 16.6. The van der Waals surface area contributed by atoms with Gasteiger partial charge >= 0.3 is 0 Å². The third-order valence-electron chi connectivity index (χ3n) is 6.48. The number of ether oxygens (including phenoxy) is 1. The van der Waals surface area contributed by atoms with Gasteiger partial charge in [-0.3, -0.25) is 29.8 Å². The van der Waals surface area contributed by atoms with Crippen molar-refractivity contribution < 1.29 is 24.2 Å². The Labute approximate surface area is 192 Å². The first-order valence-electron chi connectivity index (χ1n) is 10.6. The van der Waals surface area contributed by atoms with Crippen LogP contribution in [0.25, 0.3) is 0 Å². The first-order valence-corrected chi connectivity index (χ1v) is 10.6. The molecule has 0 aromatic heterocycles. The highest BCUT2D eigenvalue weighted by Gasteiger charge is 2.59.